The summed E-state index contributed by atoms with van der Waals surface area (Å²) in [6.07, 6.45) is 6.51. The van der Waals surface area contributed by atoms with Gasteiger partial charge in [0.25, 0.3) is 5.09 Å². The highest BCUT2D eigenvalue weighted by Crippen LogP contribution is 2.55. The highest BCUT2D eigenvalue weighted by Gasteiger charge is 2.47. The van der Waals surface area contributed by atoms with Crippen LogP contribution >= 0.6 is 0 Å². The van der Waals surface area contributed by atoms with E-state index in [1.165, 1.54) is 0 Å². The van der Waals surface area contributed by atoms with Gasteiger partial charge < -0.3 is 19.8 Å². The van der Waals surface area contributed by atoms with E-state index in [0.717, 1.165) is 55.4 Å². The number of unbranched alkanes of at least 4 members (excludes halogenated alkanes) is 3. The van der Waals surface area contributed by atoms with Gasteiger partial charge in [0, 0.05) is 17.4 Å². The normalized spacial score (nSPS) is 24.6. The average Bonchev–Trinajstić information content (AvgIpc) is 2.65. The molecule has 1 saturated carbocycles. The molecular formula is C24H37NO6. The highest BCUT2D eigenvalue weighted by molar-refractivity contribution is 5.53. The van der Waals surface area contributed by atoms with E-state index < -0.39 is 5.09 Å². The minimum absolute atomic E-state index is 0.112. The van der Waals surface area contributed by atoms with Crippen molar-refractivity contribution in [1.29, 1.82) is 0 Å². The molecule has 0 amide bonds. The summed E-state index contributed by atoms with van der Waals surface area (Å²) in [5.41, 5.74) is 1.43. The minimum atomic E-state index is -0.745. The number of phenolic OH excluding ortho intramolecular Hbond substituents is 1. The maximum Gasteiger partial charge on any atom is 0.294 e. The molecule has 1 aromatic rings. The molecule has 0 spiro atoms. The van der Waals surface area contributed by atoms with Crippen molar-refractivity contribution in [2.24, 2.45) is 5.92 Å². The molecule has 0 radical (unpaired) electrons. The van der Waals surface area contributed by atoms with Crippen LogP contribution in [0.25, 0.3) is 0 Å². The lowest BCUT2D eigenvalue weighted by atomic mass is 9.65. The summed E-state index contributed by atoms with van der Waals surface area (Å²) in [6.45, 7) is 8.72. The van der Waals surface area contributed by atoms with Crippen LogP contribution in [-0.2, 0) is 10.3 Å². The zero-order chi connectivity index (χ0) is 22.8. The summed E-state index contributed by atoms with van der Waals surface area (Å²) in [5, 5.41) is 30.7. The summed E-state index contributed by atoms with van der Waals surface area (Å²) < 4.78 is 6.42. The Kier molecular flexibility index (Phi) is 7.04. The lowest BCUT2D eigenvalue weighted by Crippen LogP contribution is -2.47. The molecule has 1 aromatic carbocycles. The van der Waals surface area contributed by atoms with Crippen LogP contribution in [0.15, 0.2) is 12.1 Å². The number of hydrogen-bond donors (Lipinski definition) is 2. The Hall–Kier alpha value is -2.02. The number of fused-ring (bicyclic) bond motifs is 3. The molecule has 0 unspecified atom stereocenters. The van der Waals surface area contributed by atoms with E-state index in [4.69, 9.17) is 4.74 Å². The zero-order valence-corrected chi connectivity index (χ0v) is 19.2. The lowest BCUT2D eigenvalue weighted by molar-refractivity contribution is -0.757. The van der Waals surface area contributed by atoms with Gasteiger partial charge in [0.2, 0.25) is 0 Å². The van der Waals surface area contributed by atoms with Crippen molar-refractivity contribution in [3.8, 4) is 11.5 Å². The first kappa shape index (κ1) is 23.6. The van der Waals surface area contributed by atoms with Crippen molar-refractivity contribution in [3.63, 3.8) is 0 Å². The summed E-state index contributed by atoms with van der Waals surface area (Å²) in [7, 11) is 0. The number of phenols is 1. The predicted octanol–water partition coefficient (Wildman–Crippen LogP) is 5.24. The molecule has 7 heteroatoms. The first-order chi connectivity index (χ1) is 14.5. The third-order valence-corrected chi connectivity index (χ3v) is 7.25. The van der Waals surface area contributed by atoms with Crippen LogP contribution in [0.5, 0.6) is 11.5 Å². The Morgan fingerprint density at radius 2 is 1.94 bits per heavy atom. The topological polar surface area (TPSA) is 102 Å². The Balaban J connectivity index is 1.69. The lowest BCUT2D eigenvalue weighted by Gasteiger charge is -2.48. The summed E-state index contributed by atoms with van der Waals surface area (Å²) in [6, 6.07) is 3.96. The monoisotopic (exact) mass is 435 g/mol. The molecule has 1 aliphatic heterocycles. The molecule has 3 atom stereocenters. The van der Waals surface area contributed by atoms with Gasteiger partial charge in [-0.1, -0.05) is 33.1 Å². The molecule has 0 aromatic heterocycles. The van der Waals surface area contributed by atoms with Crippen molar-refractivity contribution < 1.29 is 24.9 Å². The van der Waals surface area contributed by atoms with Crippen LogP contribution in [0, 0.1) is 16.0 Å². The summed E-state index contributed by atoms with van der Waals surface area (Å²) in [5.74, 6) is 1.42. The molecule has 1 fully saturated rings. The Morgan fingerprint density at radius 3 is 2.65 bits per heavy atom. The predicted molar refractivity (Wildman–Crippen MR) is 118 cm³/mol. The molecule has 7 nitrogen and oxygen atoms in total. The number of aliphatic hydroxyl groups is 1. The maximum atomic E-state index is 11.0. The molecule has 174 valence electrons. The van der Waals surface area contributed by atoms with E-state index in [-0.39, 0.29) is 41.3 Å². The first-order valence-corrected chi connectivity index (χ1v) is 11.5. The number of aromatic hydroxyl groups is 1. The van der Waals surface area contributed by atoms with Gasteiger partial charge in [0.1, 0.15) is 17.1 Å². The van der Waals surface area contributed by atoms with Gasteiger partial charge in [-0.2, -0.15) is 0 Å². The molecule has 2 N–H and O–H groups in total. The second-order valence-corrected chi connectivity index (χ2v) is 10.4. The summed E-state index contributed by atoms with van der Waals surface area (Å²) >= 11 is 0. The smallest absolute Gasteiger partial charge is 0.294 e. The van der Waals surface area contributed by atoms with Crippen LogP contribution in [0.4, 0.5) is 0 Å². The third-order valence-electron chi connectivity index (χ3n) is 7.25. The third kappa shape index (κ3) is 5.43. The van der Waals surface area contributed by atoms with Crippen LogP contribution in [0.1, 0.15) is 96.1 Å². The number of aliphatic hydroxyl groups excluding tert-OH is 1. The van der Waals surface area contributed by atoms with Gasteiger partial charge in [-0.25, -0.2) is 0 Å². The number of benzene rings is 1. The van der Waals surface area contributed by atoms with E-state index in [1.54, 1.807) is 0 Å². The fourth-order valence-electron chi connectivity index (χ4n) is 5.42. The molecule has 31 heavy (non-hydrogen) atoms. The van der Waals surface area contributed by atoms with Crippen molar-refractivity contribution in [3.05, 3.63) is 33.4 Å². The molecule has 0 bridgehead atoms. The standard InChI is InChI=1S/C24H37NO6/c1-23(2,11-7-5-6-8-12-30-25(28)29)16-13-20(27)22-18-15-17(26)9-10-19(18)24(3,4)31-21(22)14-16/h13-14,17-19,26-27H,5-12,15H2,1-4H3/t17-,18+,19+/m0/s1. The van der Waals surface area contributed by atoms with Gasteiger partial charge in [-0.05, 0) is 69.1 Å². The fraction of sp³-hybridized carbons (Fsp3) is 0.750. The minimum Gasteiger partial charge on any atom is -0.508 e. The largest absolute Gasteiger partial charge is 0.508 e. The van der Waals surface area contributed by atoms with E-state index in [0.29, 0.717) is 12.8 Å². The second-order valence-electron chi connectivity index (χ2n) is 10.4. The van der Waals surface area contributed by atoms with Crippen LogP contribution in [0.3, 0.4) is 0 Å². The quantitative estimate of drug-likeness (QED) is 0.312. The Bertz CT molecular complexity index is 791. The summed E-state index contributed by atoms with van der Waals surface area (Å²) in [4.78, 5) is 14.5. The SMILES string of the molecule is CC(C)(CCCCCCO[N+](=O)[O-])c1cc(O)c2c(c1)OC(C)(C)[C@@H]1CC[C@H](O)C[C@@H]21. The maximum absolute atomic E-state index is 11.0. The van der Waals surface area contributed by atoms with E-state index >= 15 is 0 Å². The number of hydrogen-bond acceptors (Lipinski definition) is 6. The molecule has 3 rings (SSSR count). The highest BCUT2D eigenvalue weighted by atomic mass is 16.9. The van der Waals surface area contributed by atoms with E-state index in [1.807, 2.05) is 6.07 Å². The molecule has 1 heterocycles. The molecular weight excluding hydrogens is 398 g/mol. The van der Waals surface area contributed by atoms with Crippen molar-refractivity contribution >= 4 is 0 Å². The zero-order valence-electron chi connectivity index (χ0n) is 19.2. The van der Waals surface area contributed by atoms with Gasteiger partial charge in [-0.15, -0.1) is 10.1 Å². The van der Waals surface area contributed by atoms with E-state index in [2.05, 4.69) is 38.6 Å². The van der Waals surface area contributed by atoms with Crippen LogP contribution < -0.4 is 4.74 Å². The van der Waals surface area contributed by atoms with Crippen LogP contribution in [0.2, 0.25) is 0 Å². The van der Waals surface area contributed by atoms with Crippen LogP contribution in [-0.4, -0.2) is 33.6 Å². The van der Waals surface area contributed by atoms with Gasteiger partial charge in [-0.3, -0.25) is 0 Å². The van der Waals surface area contributed by atoms with E-state index in [9.17, 15) is 20.3 Å². The molecule has 0 saturated heterocycles. The Morgan fingerprint density at radius 1 is 1.23 bits per heavy atom. The number of ether oxygens (including phenoxy) is 1. The van der Waals surface area contributed by atoms with Gasteiger partial charge in [0.05, 0.1) is 12.7 Å². The first-order valence-electron chi connectivity index (χ1n) is 11.5. The molecule has 2 aliphatic rings. The van der Waals surface area contributed by atoms with Gasteiger partial charge >= 0.3 is 0 Å². The molecule has 1 aliphatic carbocycles. The van der Waals surface area contributed by atoms with Crippen molar-refractivity contribution in [2.45, 2.75) is 102 Å². The fourth-order valence-corrected chi connectivity index (χ4v) is 5.42. The second kappa shape index (κ2) is 9.23. The Labute approximate surface area is 184 Å². The van der Waals surface area contributed by atoms with Gasteiger partial charge in [0.15, 0.2) is 0 Å². The number of nitrogens with zero attached hydrogens (tertiary/aromatic N) is 1. The van der Waals surface area contributed by atoms with Crippen molar-refractivity contribution in [1.82, 2.24) is 0 Å². The van der Waals surface area contributed by atoms with Crippen molar-refractivity contribution in [2.75, 3.05) is 6.61 Å². The number of rotatable bonds is 9. The average molecular weight is 436 g/mol.